The lowest BCUT2D eigenvalue weighted by molar-refractivity contribution is 0.0767. The number of carbonyl (C=O) groups excluding carboxylic acids is 1. The molecule has 1 fully saturated rings. The zero-order valence-electron chi connectivity index (χ0n) is 9.61. The summed E-state index contributed by atoms with van der Waals surface area (Å²) in [6, 6.07) is 3.82. The maximum atomic E-state index is 12.0. The lowest BCUT2D eigenvalue weighted by Crippen LogP contribution is -2.36. The number of hydrogen-bond donors (Lipinski definition) is 1. The molecule has 0 spiro atoms. The predicted octanol–water partition coefficient (Wildman–Crippen LogP) is 1.82. The highest BCUT2D eigenvalue weighted by Gasteiger charge is 2.19. The number of rotatable bonds is 3. The summed E-state index contributed by atoms with van der Waals surface area (Å²) < 4.78 is 0. The fourth-order valence-corrected chi connectivity index (χ4v) is 2.84. The molecule has 2 rings (SSSR count). The van der Waals surface area contributed by atoms with Crippen molar-refractivity contribution in [2.24, 2.45) is 5.92 Å². The van der Waals surface area contributed by atoms with Crippen LogP contribution >= 0.6 is 11.3 Å². The summed E-state index contributed by atoms with van der Waals surface area (Å²) in [5.41, 5.74) is 0. The van der Waals surface area contributed by atoms with Gasteiger partial charge in [0, 0.05) is 13.6 Å². The van der Waals surface area contributed by atoms with Crippen molar-refractivity contribution >= 4 is 17.2 Å². The van der Waals surface area contributed by atoms with Crippen LogP contribution in [0.25, 0.3) is 0 Å². The Morgan fingerprint density at radius 2 is 2.31 bits per heavy atom. The van der Waals surface area contributed by atoms with Crippen LogP contribution in [-0.4, -0.2) is 37.5 Å². The molecule has 1 aliphatic heterocycles. The van der Waals surface area contributed by atoms with Gasteiger partial charge in [0.25, 0.3) is 5.91 Å². The van der Waals surface area contributed by atoms with E-state index >= 15 is 0 Å². The van der Waals surface area contributed by atoms with Gasteiger partial charge < -0.3 is 10.2 Å². The average molecular weight is 238 g/mol. The third-order valence-corrected chi connectivity index (χ3v) is 3.93. The Hall–Kier alpha value is -0.870. The van der Waals surface area contributed by atoms with E-state index in [1.807, 2.05) is 29.5 Å². The zero-order valence-corrected chi connectivity index (χ0v) is 10.4. The molecule has 1 N–H and O–H groups in total. The molecule has 1 aromatic rings. The minimum Gasteiger partial charge on any atom is -0.341 e. The smallest absolute Gasteiger partial charge is 0.263 e. The van der Waals surface area contributed by atoms with Crippen molar-refractivity contribution in [1.82, 2.24) is 10.2 Å². The van der Waals surface area contributed by atoms with E-state index in [9.17, 15) is 4.79 Å². The molecule has 0 radical (unpaired) electrons. The van der Waals surface area contributed by atoms with Gasteiger partial charge >= 0.3 is 0 Å². The molecule has 1 aliphatic rings. The van der Waals surface area contributed by atoms with Crippen LogP contribution in [0.15, 0.2) is 17.5 Å². The first-order valence-electron chi connectivity index (χ1n) is 5.77. The largest absolute Gasteiger partial charge is 0.341 e. The first-order valence-corrected chi connectivity index (χ1v) is 6.65. The Balaban J connectivity index is 1.87. The standard InChI is InChI=1S/C12H18N2OS/c1-14(9-10-4-6-13-7-5-10)12(15)11-3-2-8-16-11/h2-3,8,10,13H,4-7,9H2,1H3. The number of nitrogens with zero attached hydrogens (tertiary/aromatic N) is 1. The van der Waals surface area contributed by atoms with E-state index in [1.54, 1.807) is 0 Å². The van der Waals surface area contributed by atoms with E-state index in [1.165, 1.54) is 24.2 Å². The van der Waals surface area contributed by atoms with Gasteiger partial charge in [-0.05, 0) is 43.3 Å². The molecule has 88 valence electrons. The van der Waals surface area contributed by atoms with E-state index in [4.69, 9.17) is 0 Å². The van der Waals surface area contributed by atoms with E-state index in [0.29, 0.717) is 5.92 Å². The van der Waals surface area contributed by atoms with Gasteiger partial charge in [-0.1, -0.05) is 6.07 Å². The van der Waals surface area contributed by atoms with Gasteiger partial charge in [-0.3, -0.25) is 4.79 Å². The second kappa shape index (κ2) is 5.46. The lowest BCUT2D eigenvalue weighted by atomic mass is 9.98. The molecular weight excluding hydrogens is 220 g/mol. The van der Waals surface area contributed by atoms with Crippen molar-refractivity contribution < 1.29 is 4.79 Å². The Morgan fingerprint density at radius 1 is 1.56 bits per heavy atom. The minimum absolute atomic E-state index is 0.161. The normalized spacial score (nSPS) is 17.3. The summed E-state index contributed by atoms with van der Waals surface area (Å²) in [6.07, 6.45) is 2.37. The van der Waals surface area contributed by atoms with E-state index in [2.05, 4.69) is 5.32 Å². The molecule has 16 heavy (non-hydrogen) atoms. The summed E-state index contributed by atoms with van der Waals surface area (Å²) in [4.78, 5) is 14.7. The van der Waals surface area contributed by atoms with Crippen LogP contribution in [0.1, 0.15) is 22.5 Å². The predicted molar refractivity (Wildman–Crippen MR) is 66.9 cm³/mol. The van der Waals surface area contributed by atoms with Crippen molar-refractivity contribution in [1.29, 1.82) is 0 Å². The fourth-order valence-electron chi connectivity index (χ4n) is 2.12. The second-order valence-electron chi connectivity index (χ2n) is 4.36. The lowest BCUT2D eigenvalue weighted by Gasteiger charge is -2.27. The highest BCUT2D eigenvalue weighted by Crippen LogP contribution is 2.16. The number of amides is 1. The Kier molecular flexibility index (Phi) is 3.96. The molecule has 0 aromatic carbocycles. The van der Waals surface area contributed by atoms with E-state index < -0.39 is 0 Å². The molecule has 2 heterocycles. The van der Waals surface area contributed by atoms with Crippen molar-refractivity contribution in [2.45, 2.75) is 12.8 Å². The van der Waals surface area contributed by atoms with Crippen molar-refractivity contribution in [2.75, 3.05) is 26.7 Å². The van der Waals surface area contributed by atoms with Gasteiger partial charge in [0.05, 0.1) is 4.88 Å². The van der Waals surface area contributed by atoms with Crippen LogP contribution < -0.4 is 5.32 Å². The third-order valence-electron chi connectivity index (χ3n) is 3.07. The van der Waals surface area contributed by atoms with Gasteiger partial charge in [0.1, 0.15) is 0 Å². The van der Waals surface area contributed by atoms with Gasteiger partial charge in [-0.25, -0.2) is 0 Å². The Bertz CT molecular complexity index is 331. The van der Waals surface area contributed by atoms with Crippen LogP contribution in [0.5, 0.6) is 0 Å². The molecule has 0 unspecified atom stereocenters. The minimum atomic E-state index is 0.161. The van der Waals surface area contributed by atoms with Crippen LogP contribution in [0.4, 0.5) is 0 Å². The average Bonchev–Trinajstić information content (AvgIpc) is 2.83. The van der Waals surface area contributed by atoms with E-state index in [-0.39, 0.29) is 5.91 Å². The van der Waals surface area contributed by atoms with Crippen LogP contribution in [-0.2, 0) is 0 Å². The maximum Gasteiger partial charge on any atom is 0.263 e. The van der Waals surface area contributed by atoms with E-state index in [0.717, 1.165) is 24.5 Å². The Labute approximate surface area is 100 Å². The zero-order chi connectivity index (χ0) is 11.4. The third kappa shape index (κ3) is 2.83. The topological polar surface area (TPSA) is 32.3 Å². The molecule has 3 nitrogen and oxygen atoms in total. The summed E-state index contributed by atoms with van der Waals surface area (Å²) in [5, 5.41) is 5.29. The first kappa shape index (κ1) is 11.6. The first-order chi connectivity index (χ1) is 7.77. The Morgan fingerprint density at radius 3 is 2.94 bits per heavy atom. The van der Waals surface area contributed by atoms with Crippen molar-refractivity contribution in [3.05, 3.63) is 22.4 Å². The van der Waals surface area contributed by atoms with Crippen LogP contribution in [0.2, 0.25) is 0 Å². The van der Waals surface area contributed by atoms with Gasteiger partial charge in [0.2, 0.25) is 0 Å². The van der Waals surface area contributed by atoms with Crippen molar-refractivity contribution in [3.63, 3.8) is 0 Å². The quantitative estimate of drug-likeness (QED) is 0.871. The summed E-state index contributed by atoms with van der Waals surface area (Å²) >= 11 is 1.52. The molecule has 1 saturated heterocycles. The molecule has 1 amide bonds. The van der Waals surface area contributed by atoms with Gasteiger partial charge in [-0.2, -0.15) is 0 Å². The molecule has 0 bridgehead atoms. The summed E-state index contributed by atoms with van der Waals surface area (Å²) in [7, 11) is 1.91. The van der Waals surface area contributed by atoms with Crippen LogP contribution in [0, 0.1) is 5.92 Å². The van der Waals surface area contributed by atoms with Gasteiger partial charge in [0.15, 0.2) is 0 Å². The molecule has 0 atom stereocenters. The second-order valence-corrected chi connectivity index (χ2v) is 5.30. The number of nitrogens with one attached hydrogen (secondary N) is 1. The molecule has 0 saturated carbocycles. The number of piperidine rings is 1. The van der Waals surface area contributed by atoms with Crippen molar-refractivity contribution in [3.8, 4) is 0 Å². The highest BCUT2D eigenvalue weighted by atomic mass is 32.1. The van der Waals surface area contributed by atoms with Gasteiger partial charge in [-0.15, -0.1) is 11.3 Å². The van der Waals surface area contributed by atoms with Crippen LogP contribution in [0.3, 0.4) is 0 Å². The molecule has 4 heteroatoms. The molecule has 1 aromatic heterocycles. The monoisotopic (exact) mass is 238 g/mol. The number of thiophene rings is 1. The highest BCUT2D eigenvalue weighted by molar-refractivity contribution is 7.12. The number of carbonyl (C=O) groups is 1. The number of hydrogen-bond acceptors (Lipinski definition) is 3. The fraction of sp³-hybridized carbons (Fsp3) is 0.583. The summed E-state index contributed by atoms with van der Waals surface area (Å²) in [6.45, 7) is 3.07. The molecule has 0 aliphatic carbocycles. The SMILES string of the molecule is CN(CC1CCNCC1)C(=O)c1cccs1. The maximum absolute atomic E-state index is 12.0. The summed E-state index contributed by atoms with van der Waals surface area (Å²) in [5.74, 6) is 0.823. The molecular formula is C12H18N2OS.